The van der Waals surface area contributed by atoms with E-state index in [0.29, 0.717) is 6.61 Å². The quantitative estimate of drug-likeness (QED) is 0.499. The lowest BCUT2D eigenvalue weighted by Gasteiger charge is -2.17. The first-order valence-corrected chi connectivity index (χ1v) is 9.57. The van der Waals surface area contributed by atoms with E-state index in [1.165, 1.54) is 25.5 Å². The molecule has 0 aliphatic carbocycles. The number of halogens is 1. The van der Waals surface area contributed by atoms with Gasteiger partial charge in [-0.1, -0.05) is 35.2 Å². The number of nitrogens with zero attached hydrogens (tertiary/aromatic N) is 2. The van der Waals surface area contributed by atoms with Crippen molar-refractivity contribution >= 4 is 40.9 Å². The largest absolute Gasteiger partial charge is 1.00 e. The number of para-hydroxylation sites is 1. The summed E-state index contributed by atoms with van der Waals surface area (Å²) in [4.78, 5) is 4.93. The average molecular weight is 470 g/mol. The summed E-state index contributed by atoms with van der Waals surface area (Å²) in [6.45, 7) is 6.94. The molecule has 0 saturated heterocycles. The molecule has 0 unspecified atom stereocenters. The molecular formula is C18H19IN2OS2. The number of ether oxygens (including phenoxy) is 1. The summed E-state index contributed by atoms with van der Waals surface area (Å²) in [6, 6.07) is 8.62. The molecule has 3 nitrogen and oxygen atoms in total. The van der Waals surface area contributed by atoms with Gasteiger partial charge in [-0.05, 0) is 38.1 Å². The van der Waals surface area contributed by atoms with Gasteiger partial charge >= 0.3 is 5.88 Å². The molecule has 0 amide bonds. The van der Waals surface area contributed by atoms with Gasteiger partial charge in [0.1, 0.15) is 11.5 Å². The maximum Gasteiger partial charge on any atom is 0.387 e. The average Bonchev–Trinajstić information content (AvgIpc) is 3.11. The first-order valence-electron chi connectivity index (χ1n) is 7.94. The van der Waals surface area contributed by atoms with Crippen molar-refractivity contribution in [3.8, 4) is 5.88 Å². The van der Waals surface area contributed by atoms with E-state index in [1.54, 1.807) is 11.3 Å². The molecule has 0 bridgehead atoms. The Balaban J connectivity index is 0.00000169. The summed E-state index contributed by atoms with van der Waals surface area (Å²) in [7, 11) is 0. The van der Waals surface area contributed by atoms with Crippen LogP contribution in [0.25, 0.3) is 12.2 Å². The van der Waals surface area contributed by atoms with Crippen molar-refractivity contribution in [2.45, 2.75) is 25.3 Å². The normalized spacial score (nSPS) is 16.6. The lowest BCUT2D eigenvalue weighted by atomic mass is 10.3. The number of anilines is 1. The van der Waals surface area contributed by atoms with E-state index in [2.05, 4.69) is 65.8 Å². The zero-order chi connectivity index (χ0) is 15.8. The van der Waals surface area contributed by atoms with Crippen LogP contribution in [-0.2, 0) is 6.54 Å². The van der Waals surface area contributed by atoms with Crippen LogP contribution in [0.15, 0.2) is 40.3 Å². The molecule has 0 radical (unpaired) electrons. The molecule has 6 heteroatoms. The Labute approximate surface area is 168 Å². The molecule has 2 aliphatic rings. The second kappa shape index (κ2) is 7.49. The molecule has 0 N–H and O–H groups in total. The summed E-state index contributed by atoms with van der Waals surface area (Å²) < 4.78 is 8.11. The third kappa shape index (κ3) is 2.99. The van der Waals surface area contributed by atoms with Gasteiger partial charge in [-0.15, -0.1) is 0 Å². The summed E-state index contributed by atoms with van der Waals surface area (Å²) in [5.74, 6) is 1.01. The molecule has 3 heterocycles. The highest BCUT2D eigenvalue weighted by molar-refractivity contribution is 8.03. The third-order valence-electron chi connectivity index (χ3n) is 4.04. The van der Waals surface area contributed by atoms with Crippen molar-refractivity contribution in [1.82, 2.24) is 0 Å². The fraction of sp³-hybridized carbons (Fsp3) is 0.278. The monoisotopic (exact) mass is 470 g/mol. The van der Waals surface area contributed by atoms with E-state index in [-0.39, 0.29) is 24.0 Å². The maximum atomic E-state index is 5.84. The first-order chi connectivity index (χ1) is 11.3. The molecule has 0 atom stereocenters. The molecule has 0 saturated carbocycles. The molecule has 126 valence electrons. The fourth-order valence-electron chi connectivity index (χ4n) is 2.98. The van der Waals surface area contributed by atoms with Gasteiger partial charge in [0.05, 0.1) is 16.8 Å². The highest BCUT2D eigenvalue weighted by Gasteiger charge is 2.29. The predicted octanol–water partition coefficient (Wildman–Crippen LogP) is 1.40. The molecule has 1 aromatic carbocycles. The van der Waals surface area contributed by atoms with Crippen molar-refractivity contribution in [3.63, 3.8) is 0 Å². The summed E-state index contributed by atoms with van der Waals surface area (Å²) >= 11 is 3.65. The van der Waals surface area contributed by atoms with Gasteiger partial charge in [0.2, 0.25) is 0 Å². The number of hydrogen-bond acceptors (Lipinski definition) is 4. The zero-order valence-corrected chi connectivity index (χ0v) is 17.5. The topological polar surface area (TPSA) is 16.4 Å². The minimum Gasteiger partial charge on any atom is -1.00 e. The Morgan fingerprint density at radius 1 is 1.29 bits per heavy atom. The second-order valence-corrected chi connectivity index (χ2v) is 7.49. The lowest BCUT2D eigenvalue weighted by Crippen LogP contribution is -3.00. The molecule has 0 spiro atoms. The summed E-state index contributed by atoms with van der Waals surface area (Å²) in [5.41, 5.74) is 1.31. The molecule has 4 rings (SSSR count). The van der Waals surface area contributed by atoms with E-state index in [9.17, 15) is 0 Å². The predicted molar refractivity (Wildman–Crippen MR) is 98.0 cm³/mol. The highest BCUT2D eigenvalue weighted by atomic mass is 127. The molecule has 2 aliphatic heterocycles. The summed E-state index contributed by atoms with van der Waals surface area (Å²) in [6.07, 6.45) is 6.55. The highest BCUT2D eigenvalue weighted by Crippen LogP contribution is 2.46. The van der Waals surface area contributed by atoms with Crippen LogP contribution in [0.1, 0.15) is 23.7 Å². The minimum atomic E-state index is 0. The Kier molecular flexibility index (Phi) is 5.56. The van der Waals surface area contributed by atoms with Crippen molar-refractivity contribution in [3.05, 3.63) is 45.3 Å². The standard InChI is InChI=1S/C18H19N2OS2.HI/c1-3-19-13-8-5-6-9-14(13)22-16(19)12-17-20(4-2)18-15(23-17)10-7-11-21-18;/h5-10,12H,3-4,11H2,1-2H3;1H/q+1;/p-1. The van der Waals surface area contributed by atoms with Crippen LogP contribution in [0, 0.1) is 0 Å². The van der Waals surface area contributed by atoms with Crippen LogP contribution in [0.4, 0.5) is 5.69 Å². The van der Waals surface area contributed by atoms with Gasteiger partial charge < -0.3 is 33.6 Å². The van der Waals surface area contributed by atoms with E-state index in [0.717, 1.165) is 19.0 Å². The Bertz CT molecular complexity index is 813. The van der Waals surface area contributed by atoms with Crippen LogP contribution in [0.3, 0.4) is 0 Å². The van der Waals surface area contributed by atoms with Gasteiger partial charge in [-0.25, -0.2) is 0 Å². The number of benzene rings is 1. The van der Waals surface area contributed by atoms with Crippen LogP contribution >= 0.6 is 23.1 Å². The lowest BCUT2D eigenvalue weighted by molar-refractivity contribution is -0.695. The molecular weight excluding hydrogens is 451 g/mol. The van der Waals surface area contributed by atoms with Crippen molar-refractivity contribution in [2.75, 3.05) is 18.1 Å². The first kappa shape index (κ1) is 17.8. The van der Waals surface area contributed by atoms with Crippen molar-refractivity contribution in [2.24, 2.45) is 0 Å². The molecule has 24 heavy (non-hydrogen) atoms. The smallest absolute Gasteiger partial charge is 0.387 e. The van der Waals surface area contributed by atoms with Crippen LogP contribution in [-0.4, -0.2) is 13.2 Å². The Hall–Kier alpha value is -0.990. The maximum absolute atomic E-state index is 5.84. The van der Waals surface area contributed by atoms with Gasteiger partial charge in [0.15, 0.2) is 6.54 Å². The van der Waals surface area contributed by atoms with E-state index < -0.39 is 0 Å². The molecule has 2 aromatic rings. The van der Waals surface area contributed by atoms with E-state index >= 15 is 0 Å². The van der Waals surface area contributed by atoms with Crippen LogP contribution in [0.5, 0.6) is 5.88 Å². The minimum absolute atomic E-state index is 0. The van der Waals surface area contributed by atoms with Gasteiger partial charge in [-0.3, -0.25) is 0 Å². The van der Waals surface area contributed by atoms with Gasteiger partial charge in [-0.2, -0.15) is 4.57 Å². The van der Waals surface area contributed by atoms with Crippen LogP contribution in [0.2, 0.25) is 0 Å². The van der Waals surface area contributed by atoms with Crippen molar-refractivity contribution in [1.29, 1.82) is 0 Å². The summed E-state index contributed by atoms with van der Waals surface area (Å²) in [5, 5.41) is 2.54. The molecule has 1 aromatic heterocycles. The van der Waals surface area contributed by atoms with Crippen LogP contribution < -0.4 is 38.2 Å². The fourth-order valence-corrected chi connectivity index (χ4v) is 5.36. The number of thiazole rings is 1. The SMILES string of the molecule is CCN1C(=Cc2sc3c([n+]2CC)OCC=C3)Sc2ccccc21.[I-]. The zero-order valence-electron chi connectivity index (χ0n) is 13.7. The van der Waals surface area contributed by atoms with Gasteiger partial charge in [0, 0.05) is 11.4 Å². The van der Waals surface area contributed by atoms with Gasteiger partial charge in [0.25, 0.3) is 5.01 Å². The number of thioether (sulfide) groups is 1. The second-order valence-electron chi connectivity index (χ2n) is 5.36. The third-order valence-corrected chi connectivity index (χ3v) is 6.23. The van der Waals surface area contributed by atoms with E-state index in [1.807, 2.05) is 11.8 Å². The number of fused-ring (bicyclic) bond motifs is 2. The van der Waals surface area contributed by atoms with E-state index in [4.69, 9.17) is 4.74 Å². The number of hydrogen-bond donors (Lipinski definition) is 0. The molecule has 0 fully saturated rings. The Morgan fingerprint density at radius 3 is 2.92 bits per heavy atom. The number of rotatable bonds is 3. The Morgan fingerprint density at radius 2 is 2.12 bits per heavy atom. The number of aromatic nitrogens is 1. The van der Waals surface area contributed by atoms with Crippen molar-refractivity contribution < 1.29 is 33.3 Å².